The van der Waals surface area contributed by atoms with Crippen LogP contribution in [0.1, 0.15) is 11.1 Å². The van der Waals surface area contributed by atoms with Gasteiger partial charge in [-0.05, 0) is 49.2 Å². The Kier molecular flexibility index (Phi) is 5.75. The number of aromatic nitrogens is 2. The van der Waals surface area contributed by atoms with E-state index in [-0.39, 0.29) is 24.6 Å². The number of hydrogen-bond acceptors (Lipinski definition) is 4. The van der Waals surface area contributed by atoms with Gasteiger partial charge in [0.1, 0.15) is 6.54 Å². The Morgan fingerprint density at radius 3 is 2.71 bits per heavy atom. The summed E-state index contributed by atoms with van der Waals surface area (Å²) in [5, 5.41) is 6.01. The molecule has 0 spiro atoms. The number of halogens is 1. The third kappa shape index (κ3) is 4.37. The Bertz CT molecular complexity index is 1120. The number of aryl methyl sites for hydroxylation is 1. The molecule has 144 valence electrons. The maximum atomic E-state index is 12.5. The van der Waals surface area contributed by atoms with Crippen LogP contribution in [0.15, 0.2) is 47.5 Å². The largest absolute Gasteiger partial charge is 0.345 e. The molecule has 0 unspecified atom stereocenters. The van der Waals surface area contributed by atoms with E-state index in [0.29, 0.717) is 21.6 Å². The first kappa shape index (κ1) is 19.6. The van der Waals surface area contributed by atoms with Gasteiger partial charge in [-0.2, -0.15) is 0 Å². The maximum Gasteiger partial charge on any atom is 0.261 e. The molecule has 28 heavy (non-hydrogen) atoms. The van der Waals surface area contributed by atoms with E-state index in [1.165, 1.54) is 17.0 Å². The Balaban J connectivity index is 1.62. The van der Waals surface area contributed by atoms with Gasteiger partial charge in [-0.3, -0.25) is 19.0 Å². The lowest BCUT2D eigenvalue weighted by atomic mass is 10.1. The molecule has 3 aromatic rings. The molecular formula is C20H19ClN4O3. The van der Waals surface area contributed by atoms with E-state index in [2.05, 4.69) is 15.6 Å². The van der Waals surface area contributed by atoms with Crippen LogP contribution in [-0.2, 0) is 16.1 Å². The molecule has 3 rings (SSSR count). The van der Waals surface area contributed by atoms with Crippen molar-refractivity contribution in [1.29, 1.82) is 0 Å². The SMILES string of the molecule is Cc1cccc(NC(=O)CNC(=O)Cn2cnc3ccc(Cl)cc3c2=O)c1C. The minimum Gasteiger partial charge on any atom is -0.345 e. The summed E-state index contributed by atoms with van der Waals surface area (Å²) in [4.78, 5) is 40.9. The van der Waals surface area contributed by atoms with Gasteiger partial charge >= 0.3 is 0 Å². The second-order valence-corrected chi connectivity index (χ2v) is 6.85. The molecule has 2 amide bonds. The molecular weight excluding hydrogens is 380 g/mol. The van der Waals surface area contributed by atoms with Crippen LogP contribution in [0.25, 0.3) is 10.9 Å². The van der Waals surface area contributed by atoms with E-state index in [1.54, 1.807) is 18.2 Å². The lowest BCUT2D eigenvalue weighted by Gasteiger charge is -2.11. The van der Waals surface area contributed by atoms with E-state index in [0.717, 1.165) is 11.1 Å². The fourth-order valence-corrected chi connectivity index (χ4v) is 2.89. The van der Waals surface area contributed by atoms with Crippen LogP contribution in [-0.4, -0.2) is 27.9 Å². The predicted molar refractivity (Wildman–Crippen MR) is 109 cm³/mol. The summed E-state index contributed by atoms with van der Waals surface area (Å²) in [5.74, 6) is -0.820. The molecule has 0 saturated carbocycles. The molecule has 2 N–H and O–H groups in total. The summed E-state index contributed by atoms with van der Waals surface area (Å²) < 4.78 is 1.18. The van der Waals surface area contributed by atoms with Gasteiger partial charge in [0, 0.05) is 10.7 Å². The standard InChI is InChI=1S/C20H19ClN4O3/c1-12-4-3-5-16(13(12)2)24-18(26)9-22-19(27)10-25-11-23-17-7-6-14(21)8-15(17)20(25)28/h3-8,11H,9-10H2,1-2H3,(H,22,27)(H,24,26). The quantitative estimate of drug-likeness (QED) is 0.690. The first-order valence-corrected chi connectivity index (χ1v) is 9.00. The van der Waals surface area contributed by atoms with Gasteiger partial charge in [-0.15, -0.1) is 0 Å². The van der Waals surface area contributed by atoms with Crippen LogP contribution in [0.5, 0.6) is 0 Å². The van der Waals surface area contributed by atoms with E-state index < -0.39 is 5.91 Å². The van der Waals surface area contributed by atoms with Crippen molar-refractivity contribution in [3.05, 3.63) is 69.2 Å². The van der Waals surface area contributed by atoms with Crippen molar-refractivity contribution in [2.75, 3.05) is 11.9 Å². The number of anilines is 1. The summed E-state index contributed by atoms with van der Waals surface area (Å²) >= 11 is 5.92. The average Bonchev–Trinajstić information content (AvgIpc) is 2.66. The van der Waals surface area contributed by atoms with Crippen LogP contribution < -0.4 is 16.2 Å². The highest BCUT2D eigenvalue weighted by Gasteiger charge is 2.11. The molecule has 0 fully saturated rings. The van der Waals surface area contributed by atoms with E-state index >= 15 is 0 Å². The zero-order valence-electron chi connectivity index (χ0n) is 15.5. The number of nitrogens with one attached hydrogen (secondary N) is 2. The van der Waals surface area contributed by atoms with Gasteiger partial charge in [-0.1, -0.05) is 23.7 Å². The van der Waals surface area contributed by atoms with Crippen LogP contribution in [0, 0.1) is 13.8 Å². The number of amides is 2. The zero-order valence-corrected chi connectivity index (χ0v) is 16.2. The van der Waals surface area contributed by atoms with Gasteiger partial charge in [0.2, 0.25) is 11.8 Å². The second-order valence-electron chi connectivity index (χ2n) is 6.41. The number of nitrogens with zero attached hydrogens (tertiary/aromatic N) is 2. The normalized spacial score (nSPS) is 10.7. The number of fused-ring (bicyclic) bond motifs is 1. The Morgan fingerprint density at radius 2 is 1.93 bits per heavy atom. The molecule has 0 aliphatic carbocycles. The Labute approximate surface area is 166 Å². The summed E-state index contributed by atoms with van der Waals surface area (Å²) in [5.41, 5.74) is 2.85. The monoisotopic (exact) mass is 398 g/mol. The molecule has 0 aliphatic rings. The lowest BCUT2D eigenvalue weighted by Crippen LogP contribution is -2.37. The first-order valence-electron chi connectivity index (χ1n) is 8.62. The fourth-order valence-electron chi connectivity index (χ4n) is 2.71. The maximum absolute atomic E-state index is 12.5. The molecule has 1 heterocycles. The number of carbonyl (C=O) groups excluding carboxylic acids is 2. The van der Waals surface area contributed by atoms with E-state index in [9.17, 15) is 14.4 Å². The number of hydrogen-bond donors (Lipinski definition) is 2. The Hall–Kier alpha value is -3.19. The van der Waals surface area contributed by atoms with Crippen molar-refractivity contribution in [3.63, 3.8) is 0 Å². The minimum atomic E-state index is -0.471. The van der Waals surface area contributed by atoms with Crippen LogP contribution in [0.3, 0.4) is 0 Å². The molecule has 8 heteroatoms. The number of rotatable bonds is 5. The van der Waals surface area contributed by atoms with E-state index in [4.69, 9.17) is 11.6 Å². The second kappa shape index (κ2) is 8.22. The van der Waals surface area contributed by atoms with Crippen molar-refractivity contribution in [2.24, 2.45) is 0 Å². The topological polar surface area (TPSA) is 93.1 Å². The lowest BCUT2D eigenvalue weighted by molar-refractivity contribution is -0.124. The van der Waals surface area contributed by atoms with Gasteiger partial charge in [-0.25, -0.2) is 4.98 Å². The third-order valence-electron chi connectivity index (χ3n) is 4.42. The molecule has 0 aliphatic heterocycles. The van der Waals surface area contributed by atoms with Crippen molar-refractivity contribution in [1.82, 2.24) is 14.9 Å². The smallest absolute Gasteiger partial charge is 0.261 e. The highest BCUT2D eigenvalue weighted by molar-refractivity contribution is 6.31. The summed E-state index contributed by atoms with van der Waals surface area (Å²) in [6.07, 6.45) is 1.30. The van der Waals surface area contributed by atoms with Crippen molar-refractivity contribution in [2.45, 2.75) is 20.4 Å². The summed E-state index contributed by atoms with van der Waals surface area (Å²) in [7, 11) is 0. The number of carbonyl (C=O) groups is 2. The molecule has 0 saturated heterocycles. The first-order chi connectivity index (χ1) is 13.3. The van der Waals surface area contributed by atoms with Gasteiger partial charge in [0.15, 0.2) is 0 Å². The third-order valence-corrected chi connectivity index (χ3v) is 4.66. The van der Waals surface area contributed by atoms with Gasteiger partial charge in [0.05, 0.1) is 23.8 Å². The fraction of sp³-hybridized carbons (Fsp3) is 0.200. The van der Waals surface area contributed by atoms with Crippen LogP contribution in [0.2, 0.25) is 5.02 Å². The molecule has 0 atom stereocenters. The average molecular weight is 399 g/mol. The van der Waals surface area contributed by atoms with E-state index in [1.807, 2.05) is 26.0 Å². The zero-order chi connectivity index (χ0) is 20.3. The highest BCUT2D eigenvalue weighted by Crippen LogP contribution is 2.17. The van der Waals surface area contributed by atoms with Gasteiger partial charge < -0.3 is 10.6 Å². The van der Waals surface area contributed by atoms with Crippen LogP contribution in [0.4, 0.5) is 5.69 Å². The Morgan fingerprint density at radius 1 is 1.14 bits per heavy atom. The predicted octanol–water partition coefficient (Wildman–Crippen LogP) is 2.42. The molecule has 7 nitrogen and oxygen atoms in total. The summed E-state index contributed by atoms with van der Waals surface area (Å²) in [6.45, 7) is 3.42. The van der Waals surface area contributed by atoms with Crippen molar-refractivity contribution < 1.29 is 9.59 Å². The van der Waals surface area contributed by atoms with Crippen LogP contribution >= 0.6 is 11.6 Å². The molecule has 0 bridgehead atoms. The number of benzene rings is 2. The van der Waals surface area contributed by atoms with Crippen molar-refractivity contribution >= 4 is 40.0 Å². The molecule has 1 aromatic heterocycles. The molecule has 2 aromatic carbocycles. The minimum absolute atomic E-state index is 0.201. The molecule has 0 radical (unpaired) electrons. The summed E-state index contributed by atoms with van der Waals surface area (Å²) in [6, 6.07) is 10.4. The van der Waals surface area contributed by atoms with Crippen molar-refractivity contribution in [3.8, 4) is 0 Å². The highest BCUT2D eigenvalue weighted by atomic mass is 35.5. The van der Waals surface area contributed by atoms with Gasteiger partial charge in [0.25, 0.3) is 5.56 Å².